The molecule has 0 fully saturated rings. The zero-order valence-electron chi connectivity index (χ0n) is 19.0. The van der Waals surface area contributed by atoms with E-state index in [2.05, 4.69) is 27.4 Å². The Morgan fingerprint density at radius 3 is 2.60 bits per heavy atom. The van der Waals surface area contributed by atoms with E-state index in [4.69, 9.17) is 32.7 Å². The van der Waals surface area contributed by atoms with Crippen LogP contribution < -0.4 is 20.1 Å². The number of benzene rings is 2. The lowest BCUT2D eigenvalue weighted by molar-refractivity contribution is -0.113. The predicted molar refractivity (Wildman–Crippen MR) is 137 cm³/mol. The molecule has 0 saturated carbocycles. The van der Waals surface area contributed by atoms with Crippen LogP contribution in [0.4, 0.5) is 5.69 Å². The number of carbonyl (C=O) groups is 2. The third-order valence-electron chi connectivity index (χ3n) is 4.69. The molecule has 0 unspecified atom stereocenters. The van der Waals surface area contributed by atoms with Crippen LogP contribution in [0, 0.1) is 0 Å². The third kappa shape index (κ3) is 6.91. The molecule has 2 amide bonds. The first-order valence-electron chi connectivity index (χ1n) is 10.3. The van der Waals surface area contributed by atoms with Crippen molar-refractivity contribution in [1.29, 1.82) is 0 Å². The number of nitrogens with one attached hydrogen (secondary N) is 2. The number of amides is 2. The van der Waals surface area contributed by atoms with Gasteiger partial charge in [0.15, 0.2) is 22.5 Å². The molecule has 3 aromatic rings. The molecule has 1 aromatic heterocycles. The van der Waals surface area contributed by atoms with E-state index in [-0.39, 0.29) is 24.1 Å². The number of hydrogen-bond donors (Lipinski definition) is 2. The fourth-order valence-corrected chi connectivity index (χ4v) is 4.12. The van der Waals surface area contributed by atoms with Crippen molar-refractivity contribution in [2.24, 2.45) is 0 Å². The van der Waals surface area contributed by atoms with Crippen molar-refractivity contribution in [3.05, 3.63) is 70.5 Å². The number of carbonyl (C=O) groups excluding carboxylic acids is 2. The van der Waals surface area contributed by atoms with Gasteiger partial charge < -0.3 is 24.7 Å². The maximum atomic E-state index is 12.6. The maximum absolute atomic E-state index is 12.6. The van der Waals surface area contributed by atoms with E-state index in [0.29, 0.717) is 50.3 Å². The molecule has 0 atom stereocenters. The summed E-state index contributed by atoms with van der Waals surface area (Å²) < 4.78 is 12.2. The Morgan fingerprint density at radius 2 is 1.89 bits per heavy atom. The number of halogens is 2. The number of aromatic nitrogens is 3. The Morgan fingerprint density at radius 1 is 1.11 bits per heavy atom. The van der Waals surface area contributed by atoms with Gasteiger partial charge in [-0.2, -0.15) is 0 Å². The second-order valence-corrected chi connectivity index (χ2v) is 8.80. The predicted octanol–water partition coefficient (Wildman–Crippen LogP) is 4.45. The van der Waals surface area contributed by atoms with Crippen molar-refractivity contribution in [3.63, 3.8) is 0 Å². The first-order valence-corrected chi connectivity index (χ1v) is 12.0. The lowest BCUT2D eigenvalue weighted by atomic mass is 10.2. The highest BCUT2D eigenvalue weighted by molar-refractivity contribution is 7.99. The summed E-state index contributed by atoms with van der Waals surface area (Å²) in [6.45, 7) is 4.29. The molecule has 184 valence electrons. The minimum absolute atomic E-state index is 0.0656. The molecule has 0 aliphatic carbocycles. The van der Waals surface area contributed by atoms with Crippen LogP contribution in [0.15, 0.2) is 54.2 Å². The monoisotopic (exact) mass is 535 g/mol. The Balaban J connectivity index is 1.64. The highest BCUT2D eigenvalue weighted by atomic mass is 35.5. The average Bonchev–Trinajstić information content (AvgIpc) is 3.24. The molecule has 0 aliphatic rings. The molecular weight excluding hydrogens is 513 g/mol. The lowest BCUT2D eigenvalue weighted by Crippen LogP contribution is -2.25. The molecule has 2 aromatic carbocycles. The Bertz CT molecular complexity index is 1230. The number of thioether (sulfide) groups is 1. The minimum atomic E-state index is -0.314. The van der Waals surface area contributed by atoms with Gasteiger partial charge in [-0.15, -0.1) is 16.8 Å². The van der Waals surface area contributed by atoms with Crippen LogP contribution >= 0.6 is 35.0 Å². The first-order chi connectivity index (χ1) is 16.9. The van der Waals surface area contributed by atoms with Crippen molar-refractivity contribution in [2.75, 3.05) is 25.3 Å². The average molecular weight is 536 g/mol. The molecule has 0 saturated heterocycles. The van der Waals surface area contributed by atoms with Gasteiger partial charge in [0.25, 0.3) is 5.91 Å². The van der Waals surface area contributed by atoms with Crippen LogP contribution in [0.5, 0.6) is 11.5 Å². The molecule has 1 heterocycles. The quantitative estimate of drug-likeness (QED) is 0.276. The van der Waals surface area contributed by atoms with E-state index < -0.39 is 0 Å². The Hall–Kier alpha value is -3.21. The maximum Gasteiger partial charge on any atom is 0.251 e. The van der Waals surface area contributed by atoms with Crippen LogP contribution in [0.2, 0.25) is 10.0 Å². The Kier molecular flexibility index (Phi) is 9.41. The summed E-state index contributed by atoms with van der Waals surface area (Å²) in [7, 11) is 3.02. The molecule has 3 rings (SSSR count). The van der Waals surface area contributed by atoms with Gasteiger partial charge in [-0.05, 0) is 36.4 Å². The zero-order valence-corrected chi connectivity index (χ0v) is 21.3. The van der Waals surface area contributed by atoms with Gasteiger partial charge in [-0.25, -0.2) is 0 Å². The number of allylic oxidation sites excluding steroid dienone is 1. The van der Waals surface area contributed by atoms with E-state index in [1.807, 2.05) is 0 Å². The summed E-state index contributed by atoms with van der Waals surface area (Å²) >= 11 is 13.3. The Labute approximate surface area is 216 Å². The molecular formula is C23H23Cl2N5O4S. The van der Waals surface area contributed by atoms with Crippen LogP contribution in [-0.4, -0.2) is 46.6 Å². The van der Waals surface area contributed by atoms with E-state index in [1.54, 1.807) is 47.0 Å². The van der Waals surface area contributed by atoms with Crippen LogP contribution in [0.1, 0.15) is 16.2 Å². The van der Waals surface area contributed by atoms with Crippen LogP contribution in [-0.2, 0) is 17.9 Å². The van der Waals surface area contributed by atoms with Crippen molar-refractivity contribution in [3.8, 4) is 11.5 Å². The van der Waals surface area contributed by atoms with Gasteiger partial charge in [0.2, 0.25) is 5.91 Å². The fourth-order valence-electron chi connectivity index (χ4n) is 3.02. The molecule has 12 heteroatoms. The van der Waals surface area contributed by atoms with E-state index in [9.17, 15) is 9.59 Å². The summed E-state index contributed by atoms with van der Waals surface area (Å²) in [5.41, 5.74) is 0.833. The number of anilines is 1. The van der Waals surface area contributed by atoms with Crippen molar-refractivity contribution in [1.82, 2.24) is 20.1 Å². The van der Waals surface area contributed by atoms with Crippen molar-refractivity contribution < 1.29 is 19.1 Å². The van der Waals surface area contributed by atoms with E-state index in [1.165, 1.54) is 26.0 Å². The zero-order chi connectivity index (χ0) is 25.4. The normalized spacial score (nSPS) is 10.5. The van der Waals surface area contributed by atoms with Crippen LogP contribution in [0.25, 0.3) is 0 Å². The molecule has 9 nitrogen and oxygen atoms in total. The van der Waals surface area contributed by atoms with Crippen molar-refractivity contribution in [2.45, 2.75) is 18.2 Å². The minimum Gasteiger partial charge on any atom is -0.493 e. The second kappa shape index (κ2) is 12.5. The highest BCUT2D eigenvalue weighted by Gasteiger charge is 2.16. The summed E-state index contributed by atoms with van der Waals surface area (Å²) in [6.07, 6.45) is 1.68. The topological polar surface area (TPSA) is 107 Å². The number of ether oxygens (including phenoxy) is 2. The summed E-state index contributed by atoms with van der Waals surface area (Å²) in [5, 5.41) is 15.2. The summed E-state index contributed by atoms with van der Waals surface area (Å²) in [6, 6.07) is 9.70. The molecule has 2 N–H and O–H groups in total. The third-order valence-corrected chi connectivity index (χ3v) is 6.22. The molecule has 35 heavy (non-hydrogen) atoms. The molecule has 0 aliphatic heterocycles. The second-order valence-electron chi connectivity index (χ2n) is 7.01. The first kappa shape index (κ1) is 26.4. The fraction of sp³-hybridized carbons (Fsp3) is 0.217. The van der Waals surface area contributed by atoms with Gasteiger partial charge in [-0.1, -0.05) is 41.0 Å². The largest absolute Gasteiger partial charge is 0.493 e. The lowest BCUT2D eigenvalue weighted by Gasteiger charge is -2.11. The number of rotatable bonds is 11. The molecule has 0 spiro atoms. The summed E-state index contributed by atoms with van der Waals surface area (Å²) in [4.78, 5) is 25.0. The van der Waals surface area contributed by atoms with Crippen molar-refractivity contribution >= 4 is 52.5 Å². The van der Waals surface area contributed by atoms with Gasteiger partial charge in [0.1, 0.15) is 0 Å². The van der Waals surface area contributed by atoms with Gasteiger partial charge in [0.05, 0.1) is 37.2 Å². The van der Waals surface area contributed by atoms with Gasteiger partial charge in [-0.3, -0.25) is 9.59 Å². The molecule has 0 bridgehead atoms. The number of nitrogens with zero attached hydrogens (tertiary/aromatic N) is 3. The SMILES string of the molecule is C=CCn1c(CNC(=O)c2ccc(OC)c(OC)c2)nnc1SCC(=O)Nc1cc(Cl)ccc1Cl. The van der Waals surface area contributed by atoms with E-state index >= 15 is 0 Å². The standard InChI is InChI=1S/C23H23Cl2N5O4S/c1-4-9-30-20(12-26-22(32)14-5-8-18(33-2)19(10-14)34-3)28-29-23(30)35-13-21(31)27-17-11-15(24)6-7-16(17)25/h4-8,10-11H,1,9,12-13H2,2-3H3,(H,26,32)(H,27,31). The van der Waals surface area contributed by atoms with Crippen LogP contribution in [0.3, 0.4) is 0 Å². The smallest absolute Gasteiger partial charge is 0.251 e. The van der Waals surface area contributed by atoms with Gasteiger partial charge in [0, 0.05) is 17.1 Å². The van der Waals surface area contributed by atoms with Gasteiger partial charge >= 0.3 is 0 Å². The highest BCUT2D eigenvalue weighted by Crippen LogP contribution is 2.28. The number of hydrogen-bond acceptors (Lipinski definition) is 7. The molecule has 0 radical (unpaired) electrons. The number of methoxy groups -OCH3 is 2. The summed E-state index contributed by atoms with van der Waals surface area (Å²) in [5.74, 6) is 0.959. The van der Waals surface area contributed by atoms with E-state index in [0.717, 1.165) is 0 Å².